The van der Waals surface area contributed by atoms with Crippen molar-refractivity contribution in [3.8, 4) is 0 Å². The molecule has 4 rings (SSSR count). The predicted octanol–water partition coefficient (Wildman–Crippen LogP) is 5.73. The third-order valence-corrected chi connectivity index (χ3v) is 11.3. The van der Waals surface area contributed by atoms with Gasteiger partial charge in [-0.15, -0.1) is 5.10 Å². The van der Waals surface area contributed by atoms with E-state index < -0.39 is 0 Å². The van der Waals surface area contributed by atoms with E-state index in [2.05, 4.69) is 44.2 Å². The molecule has 0 spiro atoms. The van der Waals surface area contributed by atoms with Crippen LogP contribution in [0.15, 0.2) is 0 Å². The topological polar surface area (TPSA) is 72.0 Å². The molecule has 0 saturated heterocycles. The summed E-state index contributed by atoms with van der Waals surface area (Å²) in [6.45, 7) is 13.3. The fourth-order valence-electron chi connectivity index (χ4n) is 8.64. The number of hydrogen-bond acceptors (Lipinski definition) is 5. The van der Waals surface area contributed by atoms with E-state index in [4.69, 9.17) is 5.73 Å². The van der Waals surface area contributed by atoms with E-state index in [1.165, 1.54) is 49.8 Å². The van der Waals surface area contributed by atoms with Gasteiger partial charge in [-0.05, 0) is 109 Å². The first kappa shape index (κ1) is 24.6. The van der Waals surface area contributed by atoms with Crippen molar-refractivity contribution in [3.63, 3.8) is 0 Å². The lowest BCUT2D eigenvalue weighted by Gasteiger charge is -2.56. The lowest BCUT2D eigenvalue weighted by atomic mass is 9.48. The summed E-state index contributed by atoms with van der Waals surface area (Å²) in [7, 11) is 0. The first-order valence-corrected chi connectivity index (χ1v) is 14.1. The van der Waals surface area contributed by atoms with Crippen molar-refractivity contribution in [1.29, 1.82) is 0 Å². The van der Waals surface area contributed by atoms with Crippen molar-refractivity contribution < 1.29 is 5.11 Å². The Hall–Kier alpha value is -0.520. The molecular formula is C27H47N3OS. The van der Waals surface area contributed by atoms with E-state index >= 15 is 0 Å². The van der Waals surface area contributed by atoms with E-state index in [0.29, 0.717) is 17.3 Å². The molecule has 0 amide bonds. The number of aromatic nitrogens is 2. The van der Waals surface area contributed by atoms with Gasteiger partial charge in [0.15, 0.2) is 0 Å². The lowest BCUT2D eigenvalue weighted by molar-refractivity contribution is -0.0757. The summed E-state index contributed by atoms with van der Waals surface area (Å²) in [5, 5.41) is 14.7. The molecule has 4 nitrogen and oxygen atoms in total. The van der Waals surface area contributed by atoms with Gasteiger partial charge in [0.25, 0.3) is 0 Å². The highest BCUT2D eigenvalue weighted by atomic mass is 32.1. The highest BCUT2D eigenvalue weighted by Gasteiger charge is 2.58. The van der Waals surface area contributed by atoms with Crippen molar-refractivity contribution in [2.24, 2.45) is 58.0 Å². The van der Waals surface area contributed by atoms with E-state index in [1.54, 1.807) is 11.5 Å². The average molecular weight is 462 g/mol. The molecule has 2 saturated carbocycles. The second-order valence-corrected chi connectivity index (χ2v) is 13.4. The van der Waals surface area contributed by atoms with Crippen LogP contribution < -0.4 is 5.73 Å². The monoisotopic (exact) mass is 461 g/mol. The third-order valence-electron chi connectivity index (χ3n) is 10.5. The molecule has 0 aliphatic heterocycles. The Morgan fingerprint density at radius 3 is 2.53 bits per heavy atom. The van der Waals surface area contributed by atoms with Crippen LogP contribution in [0, 0.1) is 52.3 Å². The van der Waals surface area contributed by atoms with Gasteiger partial charge in [-0.2, -0.15) is 0 Å². The van der Waals surface area contributed by atoms with Crippen molar-refractivity contribution in [3.05, 3.63) is 10.6 Å². The fraction of sp³-hybridized carbons (Fsp3) is 0.926. The Morgan fingerprint density at radius 2 is 1.84 bits per heavy atom. The molecule has 2 fully saturated rings. The number of aliphatic hydroxyl groups excluding tert-OH is 1. The van der Waals surface area contributed by atoms with Crippen molar-refractivity contribution in [2.75, 3.05) is 13.2 Å². The number of nitrogens with zero attached hydrogens (tertiary/aromatic N) is 2. The molecule has 0 radical (unpaired) electrons. The second-order valence-electron chi connectivity index (χ2n) is 12.6. The maximum atomic E-state index is 10.4. The number of hydrogen-bond donors (Lipinski definition) is 2. The van der Waals surface area contributed by atoms with Gasteiger partial charge in [0.2, 0.25) is 0 Å². The number of fused-ring (bicyclic) bond motifs is 2. The predicted molar refractivity (Wildman–Crippen MR) is 133 cm³/mol. The summed E-state index contributed by atoms with van der Waals surface area (Å²) in [5.41, 5.74) is 8.26. The van der Waals surface area contributed by atoms with Crippen LogP contribution in [-0.2, 0) is 12.8 Å². The van der Waals surface area contributed by atoms with Crippen LogP contribution in [0.25, 0.3) is 0 Å². The van der Waals surface area contributed by atoms with Crippen LogP contribution in [0.5, 0.6) is 0 Å². The van der Waals surface area contributed by atoms with Crippen LogP contribution in [0.2, 0.25) is 0 Å². The normalized spacial score (nSPS) is 40.3. The highest BCUT2D eigenvalue weighted by Crippen LogP contribution is 2.64. The SMILES string of the molecule is CC(C)CCCC(C)[C@H]1CC[C@H]2[C@H](CN)[C@@H]([C@@]3(C)Cc4snnc4C[C@@H]3CO)CC[C@]12C. The molecule has 8 atom stereocenters. The van der Waals surface area contributed by atoms with E-state index in [1.807, 2.05) is 0 Å². The lowest BCUT2D eigenvalue weighted by Crippen LogP contribution is -2.54. The molecule has 5 heteroatoms. The van der Waals surface area contributed by atoms with E-state index in [-0.39, 0.29) is 17.9 Å². The first-order valence-electron chi connectivity index (χ1n) is 13.4. The van der Waals surface area contributed by atoms with Gasteiger partial charge in [0.1, 0.15) is 0 Å². The maximum absolute atomic E-state index is 10.4. The molecule has 1 aromatic rings. The molecule has 3 N–H and O–H groups in total. The van der Waals surface area contributed by atoms with Gasteiger partial charge in [-0.25, -0.2) is 0 Å². The molecule has 3 aliphatic rings. The van der Waals surface area contributed by atoms with Crippen molar-refractivity contribution in [1.82, 2.24) is 9.59 Å². The average Bonchev–Trinajstić information content (AvgIpc) is 3.34. The molecule has 1 aromatic heterocycles. The number of rotatable bonds is 8. The Balaban J connectivity index is 1.53. The van der Waals surface area contributed by atoms with Gasteiger partial charge in [-0.3, -0.25) is 0 Å². The van der Waals surface area contributed by atoms with Crippen LogP contribution in [0.3, 0.4) is 0 Å². The van der Waals surface area contributed by atoms with Crippen LogP contribution in [0.4, 0.5) is 0 Å². The summed E-state index contributed by atoms with van der Waals surface area (Å²) in [5.74, 6) is 4.65. The van der Waals surface area contributed by atoms with Crippen molar-refractivity contribution >= 4 is 11.5 Å². The third kappa shape index (κ3) is 4.20. The fourth-order valence-corrected chi connectivity index (χ4v) is 9.48. The van der Waals surface area contributed by atoms with Gasteiger partial charge in [-0.1, -0.05) is 58.4 Å². The van der Waals surface area contributed by atoms with Gasteiger partial charge in [0.05, 0.1) is 5.69 Å². The Kier molecular flexibility index (Phi) is 7.39. The number of aliphatic hydroxyl groups is 1. The standard InChI is InChI=1S/C27H47N3OS/c1-17(2)7-6-8-18(3)21-9-10-22-20(15-28)23(11-12-26(21,22)4)27(5)14-25-24(29-30-32-25)13-19(27)16-31/h17-23,31H,6-16,28H2,1-5H3/t18?,19-,20+,21-,22+,23+,26-,27+/m1/s1. The quantitative estimate of drug-likeness (QED) is 0.518. The Labute approximate surface area is 200 Å². The van der Waals surface area contributed by atoms with Crippen LogP contribution in [0.1, 0.15) is 90.1 Å². The van der Waals surface area contributed by atoms with E-state index in [0.717, 1.165) is 48.8 Å². The van der Waals surface area contributed by atoms with Gasteiger partial charge < -0.3 is 10.8 Å². The summed E-state index contributed by atoms with van der Waals surface area (Å²) in [6.07, 6.45) is 11.3. The maximum Gasteiger partial charge on any atom is 0.0791 e. The molecular weight excluding hydrogens is 414 g/mol. The molecule has 3 aliphatic carbocycles. The Bertz CT molecular complexity index is 766. The molecule has 1 unspecified atom stereocenters. The van der Waals surface area contributed by atoms with Gasteiger partial charge >= 0.3 is 0 Å². The first-order chi connectivity index (χ1) is 15.2. The summed E-state index contributed by atoms with van der Waals surface area (Å²) in [4.78, 5) is 1.35. The van der Waals surface area contributed by atoms with Crippen LogP contribution in [-0.4, -0.2) is 27.8 Å². The molecule has 0 bridgehead atoms. The number of nitrogens with two attached hydrogens (primary N) is 1. The highest BCUT2D eigenvalue weighted by molar-refractivity contribution is 7.05. The zero-order valence-electron chi connectivity index (χ0n) is 21.1. The minimum atomic E-state index is 0.0995. The zero-order chi connectivity index (χ0) is 23.1. The van der Waals surface area contributed by atoms with Gasteiger partial charge in [0, 0.05) is 11.5 Å². The smallest absolute Gasteiger partial charge is 0.0791 e. The van der Waals surface area contributed by atoms with E-state index in [9.17, 15) is 5.11 Å². The zero-order valence-corrected chi connectivity index (χ0v) is 22.0. The van der Waals surface area contributed by atoms with Crippen molar-refractivity contribution in [2.45, 2.75) is 92.4 Å². The summed E-state index contributed by atoms with van der Waals surface area (Å²) < 4.78 is 4.24. The molecule has 32 heavy (non-hydrogen) atoms. The minimum Gasteiger partial charge on any atom is -0.396 e. The summed E-state index contributed by atoms with van der Waals surface area (Å²) in [6, 6.07) is 0. The minimum absolute atomic E-state index is 0.0995. The molecule has 0 aromatic carbocycles. The van der Waals surface area contributed by atoms with Crippen LogP contribution >= 0.6 is 11.5 Å². The molecule has 182 valence electrons. The largest absolute Gasteiger partial charge is 0.396 e. The molecule has 1 heterocycles. The summed E-state index contributed by atoms with van der Waals surface area (Å²) >= 11 is 1.57. The Morgan fingerprint density at radius 1 is 1.09 bits per heavy atom. The second kappa shape index (κ2) is 9.62.